The molecule has 0 spiro atoms. The van der Waals surface area contributed by atoms with Gasteiger partial charge in [0.1, 0.15) is 18.6 Å². The Labute approximate surface area is 510 Å². The Hall–Kier alpha value is -6.12. The van der Waals surface area contributed by atoms with Crippen LogP contribution in [0.15, 0.2) is 70.1 Å². The summed E-state index contributed by atoms with van der Waals surface area (Å²) >= 11 is 0. The highest BCUT2D eigenvalue weighted by atomic mass is 32.2. The number of hydrogen-bond acceptors (Lipinski definition) is 11. The summed E-state index contributed by atoms with van der Waals surface area (Å²) in [5.41, 5.74) is 3.55. The van der Waals surface area contributed by atoms with Crippen molar-refractivity contribution in [1.82, 2.24) is 31.5 Å². The van der Waals surface area contributed by atoms with Crippen molar-refractivity contribution in [3.05, 3.63) is 71.5 Å². The van der Waals surface area contributed by atoms with Gasteiger partial charge >= 0.3 is 6.03 Å². The molecule has 3 aliphatic heterocycles. The van der Waals surface area contributed by atoms with Crippen molar-refractivity contribution >= 4 is 67.0 Å². The van der Waals surface area contributed by atoms with E-state index in [1.807, 2.05) is 52.8 Å². The second-order valence-corrected chi connectivity index (χ2v) is 27.5. The number of nitrogens with zero attached hydrogens (tertiary/aromatic N) is 3. The molecule has 2 fully saturated rings. The number of fused-ring (bicyclic) bond motifs is 2. The van der Waals surface area contributed by atoms with Gasteiger partial charge in [0.05, 0.1) is 28.4 Å². The minimum atomic E-state index is -4.50. The first-order valence-electron chi connectivity index (χ1n) is 31.2. The monoisotopic (exact) mass is 1230 g/mol. The molecule has 22 heteroatoms. The summed E-state index contributed by atoms with van der Waals surface area (Å²) in [6, 6.07) is 6.93. The molecule has 5 aliphatic rings. The van der Waals surface area contributed by atoms with Crippen LogP contribution in [0.4, 0.5) is 16.2 Å². The zero-order valence-corrected chi connectivity index (χ0v) is 52.8. The van der Waals surface area contributed by atoms with E-state index in [0.29, 0.717) is 83.0 Å². The van der Waals surface area contributed by atoms with Crippen LogP contribution in [0.3, 0.4) is 0 Å². The second-order valence-electron chi connectivity index (χ2n) is 24.7. The summed E-state index contributed by atoms with van der Waals surface area (Å²) in [6.45, 7) is 13.1. The van der Waals surface area contributed by atoms with E-state index in [4.69, 9.17) is 4.74 Å². The lowest BCUT2D eigenvalue weighted by Crippen LogP contribution is -2.57. The van der Waals surface area contributed by atoms with Crippen LogP contribution in [0.25, 0.3) is 0 Å². The highest BCUT2D eigenvalue weighted by Gasteiger charge is 2.45. The smallest absolute Gasteiger partial charge is 0.318 e. The quantitative estimate of drug-likeness (QED) is 0.0184. The van der Waals surface area contributed by atoms with E-state index < -0.39 is 55.0 Å². The predicted molar refractivity (Wildman–Crippen MR) is 331 cm³/mol. The summed E-state index contributed by atoms with van der Waals surface area (Å²) in [5.74, 6) is 6.07. The Kier molecular flexibility index (Phi) is 24.4. The number of rotatable bonds is 28. The molecular weight excluding hydrogens is 1140 g/mol. The third kappa shape index (κ3) is 18.5. The largest absolute Gasteiger partial charge is 0.378 e. The van der Waals surface area contributed by atoms with E-state index in [0.717, 1.165) is 99.0 Å². The van der Waals surface area contributed by atoms with Gasteiger partial charge in [0.25, 0.3) is 20.2 Å². The van der Waals surface area contributed by atoms with Crippen molar-refractivity contribution in [2.75, 3.05) is 63.9 Å². The predicted octanol–water partition coefficient (Wildman–Crippen LogP) is 8.12. The summed E-state index contributed by atoms with van der Waals surface area (Å²) in [7, 11) is -8.92. The minimum absolute atomic E-state index is 0.0806. The van der Waals surface area contributed by atoms with Crippen LogP contribution < -0.4 is 31.5 Å². The first kappa shape index (κ1) is 67.4. The van der Waals surface area contributed by atoms with Crippen molar-refractivity contribution < 1.29 is 59.2 Å². The van der Waals surface area contributed by atoms with E-state index >= 15 is 0 Å². The Balaban J connectivity index is 0.941. The Morgan fingerprint density at radius 1 is 0.721 bits per heavy atom. The minimum Gasteiger partial charge on any atom is -0.378 e. The molecule has 2 aromatic rings. The fraction of sp³-hybridized carbons (Fsp3) is 0.625. The van der Waals surface area contributed by atoms with Crippen LogP contribution in [-0.4, -0.2) is 142 Å². The zero-order chi connectivity index (χ0) is 62.1. The molecule has 0 bridgehead atoms. The van der Waals surface area contributed by atoms with Crippen LogP contribution in [0, 0.1) is 23.7 Å². The molecule has 0 aromatic heterocycles. The number of amides is 6. The highest BCUT2D eigenvalue weighted by Crippen LogP contribution is 2.48. The molecular formula is C64H93N8O12S2+. The van der Waals surface area contributed by atoms with Gasteiger partial charge < -0.3 is 41.1 Å². The molecule has 2 aliphatic carbocycles. The first-order valence-corrected chi connectivity index (χ1v) is 34.1. The number of urea groups is 1. The van der Waals surface area contributed by atoms with Crippen molar-refractivity contribution in [2.45, 2.75) is 196 Å². The number of ether oxygens (including phenoxy) is 1. The fourth-order valence-electron chi connectivity index (χ4n) is 12.8. The van der Waals surface area contributed by atoms with Gasteiger partial charge in [0.15, 0.2) is 5.71 Å². The van der Waals surface area contributed by atoms with Crippen LogP contribution in [0.2, 0.25) is 0 Å². The molecule has 0 radical (unpaired) electrons. The second kappa shape index (κ2) is 31.2. The van der Waals surface area contributed by atoms with Crippen molar-refractivity contribution in [3.8, 4) is 11.8 Å². The summed E-state index contributed by atoms with van der Waals surface area (Å²) in [4.78, 5) is 71.2. The maximum Gasteiger partial charge on any atom is 0.318 e. The molecule has 3 atom stereocenters. The normalized spacial score (nSPS) is 19.8. The number of unbranched alkanes of at least 4 members (excludes halogenated alkanes) is 3. The fourth-order valence-corrected chi connectivity index (χ4v) is 13.8. The Morgan fingerprint density at radius 2 is 1.36 bits per heavy atom. The SMILES string of the molecule is CCN1C(=CC=CC2=[N+](CCCCCC(=O)NCCNC(=O)[C@H](CCNC(=O)CCCC[C@H]3CC#CCCCC3)NC(=O)[C@H](CC3CCCCC3)NC(=O)N3CCOCC3)c3ccc(S(=O)(=O)O)cc3C2(C)C)C(C)(C)c2cc(S(=O)(=O)O)ccc21. The lowest BCUT2D eigenvalue weighted by molar-refractivity contribution is -0.438. The van der Waals surface area contributed by atoms with Crippen LogP contribution in [0.5, 0.6) is 0 Å². The van der Waals surface area contributed by atoms with Gasteiger partial charge in [0, 0.05) is 106 Å². The zero-order valence-electron chi connectivity index (χ0n) is 51.1. The van der Waals surface area contributed by atoms with Crippen molar-refractivity contribution in [1.29, 1.82) is 0 Å². The summed E-state index contributed by atoms with van der Waals surface area (Å²) in [6.07, 6.45) is 22.1. The third-order valence-corrected chi connectivity index (χ3v) is 19.4. The maximum absolute atomic E-state index is 14.2. The van der Waals surface area contributed by atoms with Gasteiger partial charge in [-0.05, 0) is 126 Å². The number of allylic oxidation sites excluding steroid dienone is 4. The number of anilines is 1. The first-order chi connectivity index (χ1) is 41.0. The van der Waals surface area contributed by atoms with E-state index in [-0.39, 0.29) is 66.0 Å². The van der Waals surface area contributed by atoms with Crippen molar-refractivity contribution in [2.24, 2.45) is 11.8 Å². The molecule has 20 nitrogen and oxygen atoms in total. The molecule has 6 amide bonds. The highest BCUT2D eigenvalue weighted by molar-refractivity contribution is 7.86. The number of carbonyl (C=O) groups excluding carboxylic acids is 5. The number of nitrogens with one attached hydrogen (secondary N) is 5. The van der Waals surface area contributed by atoms with E-state index in [1.165, 1.54) is 37.1 Å². The maximum atomic E-state index is 14.2. The molecule has 7 rings (SSSR count). The number of hydrogen-bond donors (Lipinski definition) is 7. The van der Waals surface area contributed by atoms with Crippen LogP contribution in [0.1, 0.15) is 174 Å². The number of likely N-dealkylation sites (N-methyl/N-ethyl adjacent to an activating group) is 1. The molecule has 1 saturated carbocycles. The molecule has 0 unspecified atom stereocenters. The van der Waals surface area contributed by atoms with E-state index in [9.17, 15) is 49.9 Å². The summed E-state index contributed by atoms with van der Waals surface area (Å²) in [5, 5.41) is 14.6. The Morgan fingerprint density at radius 3 is 2.06 bits per heavy atom. The molecule has 86 heavy (non-hydrogen) atoms. The summed E-state index contributed by atoms with van der Waals surface area (Å²) < 4.78 is 76.3. The number of morpholine rings is 1. The molecule has 3 heterocycles. The third-order valence-electron chi connectivity index (χ3n) is 17.7. The Bertz CT molecular complexity index is 3130. The van der Waals surface area contributed by atoms with Gasteiger partial charge in [-0.1, -0.05) is 64.9 Å². The van der Waals surface area contributed by atoms with Gasteiger partial charge in [-0.25, -0.2) is 4.79 Å². The number of benzene rings is 2. The van der Waals surface area contributed by atoms with Crippen LogP contribution >= 0.6 is 0 Å². The average Bonchev–Trinajstić information content (AvgIpc) is 1.62. The van der Waals surface area contributed by atoms with Crippen LogP contribution in [-0.2, 0) is 55.0 Å². The van der Waals surface area contributed by atoms with E-state index in [2.05, 4.69) is 47.9 Å². The topological polar surface area (TPSA) is 273 Å². The molecule has 7 N–H and O–H groups in total. The molecule has 472 valence electrons. The molecule has 1 saturated heterocycles. The van der Waals surface area contributed by atoms with Gasteiger partial charge in [0.2, 0.25) is 29.3 Å². The van der Waals surface area contributed by atoms with Gasteiger partial charge in [-0.15, -0.1) is 11.8 Å². The lowest BCUT2D eigenvalue weighted by Gasteiger charge is -2.31. The lowest BCUT2D eigenvalue weighted by atomic mass is 9.81. The van der Waals surface area contributed by atoms with E-state index in [1.54, 1.807) is 17.0 Å². The average molecular weight is 1230 g/mol. The van der Waals surface area contributed by atoms with Gasteiger partial charge in [-0.2, -0.15) is 21.4 Å². The standard InChI is InChI=1S/C64H92N8O12S2/c1-6-71-54-32-30-48(85(78,79)80)44-50(54)63(2,3)56(71)26-20-27-57-64(4,5)51-45-49(86(81,82)83)31-33-55(51)72(57)38-19-11-16-28-59(74)66-36-37-67-60(75)52(34-35-65-58(73)29-18-17-23-46-21-12-8-7-9-13-22-46)68-61(76)53(43-47-24-14-10-15-25-47)69-62(77)70-39-41-84-42-40-70/h20,26-27,30-33,44-47,52-53H,6-8,10-12,14-19,21-25,28-29,34-43H2,1-5H3,(H6-,65,66,67,68,69,73,74,75,76,77,78,79,80,81,82,83)/p+1/t46-,52+,53+/m1/s1. The van der Waals surface area contributed by atoms with Crippen molar-refractivity contribution in [3.63, 3.8) is 0 Å². The molecule has 2 aromatic carbocycles. The van der Waals surface area contributed by atoms with Gasteiger partial charge in [-0.3, -0.25) is 28.3 Å². The number of carbonyl (C=O) groups is 5.